The topological polar surface area (TPSA) is 95.9 Å². The summed E-state index contributed by atoms with van der Waals surface area (Å²) in [6.45, 7) is 4.90. The molecule has 63 heavy (non-hydrogen) atoms. The maximum absolute atomic E-state index is 12.5. The molecule has 1 amide bonds. The minimum Gasteiger partial charge on any atom is -0.466 e. The number of nitrogens with one attached hydrogen (secondary N) is 1. The number of unbranched alkanes of at least 4 members (excludes halogenated alkanes) is 37. The van der Waals surface area contributed by atoms with E-state index in [2.05, 4.69) is 43.5 Å². The van der Waals surface area contributed by atoms with E-state index in [0.717, 1.165) is 70.6 Å². The highest BCUT2D eigenvalue weighted by molar-refractivity contribution is 5.76. The number of carbonyl (C=O) groups excluding carboxylic acids is 2. The van der Waals surface area contributed by atoms with E-state index < -0.39 is 12.1 Å². The number of esters is 1. The van der Waals surface area contributed by atoms with Gasteiger partial charge >= 0.3 is 5.97 Å². The number of rotatable bonds is 52. The summed E-state index contributed by atoms with van der Waals surface area (Å²) in [7, 11) is 0. The predicted octanol–water partition coefficient (Wildman–Crippen LogP) is 17.1. The summed E-state index contributed by atoms with van der Waals surface area (Å²) in [5.41, 5.74) is 0. The molecule has 372 valence electrons. The van der Waals surface area contributed by atoms with Gasteiger partial charge in [0.25, 0.3) is 0 Å². The van der Waals surface area contributed by atoms with Crippen LogP contribution in [0.2, 0.25) is 0 Å². The van der Waals surface area contributed by atoms with Gasteiger partial charge in [0.1, 0.15) is 0 Å². The highest BCUT2D eigenvalue weighted by atomic mass is 16.5. The number of carbonyl (C=O) groups is 2. The monoisotopic (exact) mass is 888 g/mol. The van der Waals surface area contributed by atoms with Crippen LogP contribution >= 0.6 is 0 Å². The molecule has 0 bridgehead atoms. The molecule has 0 spiro atoms. The Kier molecular flexibility index (Phi) is 51.6. The molecule has 0 aromatic heterocycles. The number of aliphatic hydroxyl groups excluding tert-OH is 2. The third-order valence-electron chi connectivity index (χ3n) is 13.0. The molecule has 6 nitrogen and oxygen atoms in total. The summed E-state index contributed by atoms with van der Waals surface area (Å²) in [5.74, 6) is -0.0719. The second kappa shape index (κ2) is 53.0. The average molecular weight is 889 g/mol. The van der Waals surface area contributed by atoms with Crippen LogP contribution in [-0.2, 0) is 14.3 Å². The minimum atomic E-state index is -0.676. The Morgan fingerprint density at radius 1 is 0.444 bits per heavy atom. The van der Waals surface area contributed by atoms with E-state index in [1.54, 1.807) is 0 Å². The molecule has 2 unspecified atom stereocenters. The van der Waals surface area contributed by atoms with Crippen molar-refractivity contribution in [2.45, 2.75) is 315 Å². The Hall–Kier alpha value is -1.66. The molecule has 0 aliphatic heterocycles. The molecule has 0 aliphatic carbocycles. The van der Waals surface area contributed by atoms with Gasteiger partial charge in [0, 0.05) is 12.8 Å². The fourth-order valence-electron chi connectivity index (χ4n) is 8.67. The first kappa shape index (κ1) is 61.3. The highest BCUT2D eigenvalue weighted by Crippen LogP contribution is 2.17. The third kappa shape index (κ3) is 49.6. The molecular formula is C57H109NO5. The Bertz CT molecular complexity index is 982. The maximum atomic E-state index is 12.5. The molecule has 0 saturated heterocycles. The van der Waals surface area contributed by atoms with Gasteiger partial charge in [0.2, 0.25) is 5.91 Å². The molecule has 0 saturated carbocycles. The first-order valence-corrected chi connectivity index (χ1v) is 28.1. The predicted molar refractivity (Wildman–Crippen MR) is 273 cm³/mol. The molecular weight excluding hydrogens is 779 g/mol. The molecule has 0 heterocycles. The van der Waals surface area contributed by atoms with Crippen molar-refractivity contribution < 1.29 is 24.5 Å². The minimum absolute atomic E-state index is 0.0226. The summed E-state index contributed by atoms with van der Waals surface area (Å²) in [5, 5.41) is 23.3. The molecule has 0 fully saturated rings. The maximum Gasteiger partial charge on any atom is 0.305 e. The van der Waals surface area contributed by atoms with Gasteiger partial charge in [-0.25, -0.2) is 0 Å². The average Bonchev–Trinajstić information content (AvgIpc) is 3.28. The van der Waals surface area contributed by atoms with Gasteiger partial charge in [-0.15, -0.1) is 0 Å². The lowest BCUT2D eigenvalue weighted by Gasteiger charge is -2.22. The molecule has 2 atom stereocenters. The van der Waals surface area contributed by atoms with Crippen molar-refractivity contribution in [1.29, 1.82) is 0 Å². The second-order valence-electron chi connectivity index (χ2n) is 19.3. The molecule has 0 rings (SSSR count). The van der Waals surface area contributed by atoms with Crippen LogP contribution in [0.1, 0.15) is 303 Å². The van der Waals surface area contributed by atoms with Crippen LogP contribution in [-0.4, -0.2) is 47.4 Å². The molecule has 0 aromatic carbocycles. The Morgan fingerprint density at radius 2 is 0.794 bits per heavy atom. The third-order valence-corrected chi connectivity index (χ3v) is 13.0. The van der Waals surface area contributed by atoms with Crippen LogP contribution in [0.5, 0.6) is 0 Å². The molecule has 6 heteroatoms. The highest BCUT2D eigenvalue weighted by Gasteiger charge is 2.20. The Labute approximate surface area is 392 Å². The van der Waals surface area contributed by atoms with Crippen molar-refractivity contribution in [1.82, 2.24) is 5.32 Å². The van der Waals surface area contributed by atoms with E-state index in [-0.39, 0.29) is 18.5 Å². The smallest absolute Gasteiger partial charge is 0.305 e. The van der Waals surface area contributed by atoms with Crippen LogP contribution in [0, 0.1) is 0 Å². The molecule has 0 radical (unpaired) electrons. The van der Waals surface area contributed by atoms with Gasteiger partial charge in [-0.3, -0.25) is 9.59 Å². The van der Waals surface area contributed by atoms with E-state index in [1.165, 1.54) is 199 Å². The normalized spacial score (nSPS) is 12.8. The lowest BCUT2D eigenvalue weighted by molar-refractivity contribution is -0.143. The van der Waals surface area contributed by atoms with Crippen LogP contribution in [0.3, 0.4) is 0 Å². The number of hydrogen-bond donors (Lipinski definition) is 3. The number of aliphatic hydroxyl groups is 2. The van der Waals surface area contributed by atoms with Crippen LogP contribution in [0.4, 0.5) is 0 Å². The van der Waals surface area contributed by atoms with Crippen LogP contribution in [0.25, 0.3) is 0 Å². The molecule has 3 N–H and O–H groups in total. The number of amides is 1. The van der Waals surface area contributed by atoms with Crippen LogP contribution in [0.15, 0.2) is 24.3 Å². The van der Waals surface area contributed by atoms with Crippen LogP contribution < -0.4 is 5.32 Å². The van der Waals surface area contributed by atoms with Gasteiger partial charge in [-0.1, -0.05) is 256 Å². The Balaban J connectivity index is 3.47. The van der Waals surface area contributed by atoms with Crippen molar-refractivity contribution in [2.24, 2.45) is 0 Å². The van der Waals surface area contributed by atoms with E-state index in [1.807, 2.05) is 0 Å². The van der Waals surface area contributed by atoms with E-state index in [9.17, 15) is 19.8 Å². The second-order valence-corrected chi connectivity index (χ2v) is 19.3. The standard InChI is InChI=1S/C57H109NO5/c1-3-5-7-9-11-13-15-17-19-20-21-22-24-25-29-33-37-41-45-49-55(60)54(53-59)58-56(61)50-46-42-38-34-30-27-28-32-36-40-44-48-52-63-57(62)51-47-43-39-35-31-26-23-18-16-14-12-10-8-6-4-2/h12,14,18,23,54-55,59-60H,3-11,13,15-17,19-22,24-53H2,1-2H3,(H,58,61)/b14-12-,23-18-. The summed E-state index contributed by atoms with van der Waals surface area (Å²) in [6, 6.07) is -0.554. The van der Waals surface area contributed by atoms with Gasteiger partial charge in [0.15, 0.2) is 0 Å². The zero-order chi connectivity index (χ0) is 45.8. The van der Waals surface area contributed by atoms with Crippen molar-refractivity contribution >= 4 is 11.9 Å². The van der Waals surface area contributed by atoms with Gasteiger partial charge in [-0.2, -0.15) is 0 Å². The van der Waals surface area contributed by atoms with Crippen molar-refractivity contribution in [3.8, 4) is 0 Å². The van der Waals surface area contributed by atoms with E-state index >= 15 is 0 Å². The Morgan fingerprint density at radius 3 is 1.24 bits per heavy atom. The number of allylic oxidation sites excluding steroid dienone is 4. The van der Waals surface area contributed by atoms with E-state index in [4.69, 9.17) is 4.74 Å². The largest absolute Gasteiger partial charge is 0.466 e. The zero-order valence-corrected chi connectivity index (χ0v) is 42.3. The number of hydrogen-bond acceptors (Lipinski definition) is 5. The first-order valence-electron chi connectivity index (χ1n) is 28.1. The fraction of sp³-hybridized carbons (Fsp3) is 0.895. The lowest BCUT2D eigenvalue weighted by atomic mass is 10.0. The van der Waals surface area contributed by atoms with Crippen molar-refractivity contribution in [3.05, 3.63) is 24.3 Å². The molecule has 0 aromatic rings. The SMILES string of the molecule is CCCCC/C=C\C/C=C\CCCCCCCC(=O)OCCCCCCCCCCCCCCC(=O)NC(CO)C(O)CCCCCCCCCCCCCCCCCCCCC. The summed E-state index contributed by atoms with van der Waals surface area (Å²) in [4.78, 5) is 24.5. The molecule has 0 aliphatic rings. The first-order chi connectivity index (χ1) is 31.0. The number of ether oxygens (including phenoxy) is 1. The van der Waals surface area contributed by atoms with Crippen molar-refractivity contribution in [3.63, 3.8) is 0 Å². The van der Waals surface area contributed by atoms with Gasteiger partial charge in [0.05, 0.1) is 25.4 Å². The fourth-order valence-corrected chi connectivity index (χ4v) is 8.67. The summed E-state index contributed by atoms with van der Waals surface area (Å²) in [6.07, 6.45) is 62.9. The summed E-state index contributed by atoms with van der Waals surface area (Å²) >= 11 is 0. The zero-order valence-electron chi connectivity index (χ0n) is 42.3. The quantitative estimate of drug-likeness (QED) is 0.0321. The van der Waals surface area contributed by atoms with Crippen molar-refractivity contribution in [2.75, 3.05) is 13.2 Å². The lowest BCUT2D eigenvalue weighted by Crippen LogP contribution is -2.45. The van der Waals surface area contributed by atoms with Gasteiger partial charge < -0.3 is 20.3 Å². The summed E-state index contributed by atoms with van der Waals surface area (Å²) < 4.78 is 5.46. The van der Waals surface area contributed by atoms with E-state index in [0.29, 0.717) is 25.9 Å². The van der Waals surface area contributed by atoms with Gasteiger partial charge in [-0.05, 0) is 57.8 Å².